The van der Waals surface area contributed by atoms with Crippen LogP contribution in [-0.4, -0.2) is 34.0 Å². The third-order valence-corrected chi connectivity index (χ3v) is 6.04. The highest BCUT2D eigenvalue weighted by molar-refractivity contribution is 9.10. The van der Waals surface area contributed by atoms with Crippen molar-refractivity contribution >= 4 is 31.9 Å². The SMILES string of the molecule is C1CCOC1.COc1ccc(Br)c(CCC#N)c1.COc1ccc(Br)c(CCCN)c1. The second-order valence-electron chi connectivity index (χ2n) is 6.78. The molecular formula is C24H32Br2N2O3. The number of methoxy groups -OCH3 is 2. The van der Waals surface area contributed by atoms with Crippen LogP contribution in [0.5, 0.6) is 11.5 Å². The van der Waals surface area contributed by atoms with Crippen molar-refractivity contribution in [2.24, 2.45) is 5.73 Å². The molecular weight excluding hydrogens is 524 g/mol. The minimum atomic E-state index is 0.533. The first kappa shape index (κ1) is 27.4. The first-order valence-corrected chi connectivity index (χ1v) is 11.9. The van der Waals surface area contributed by atoms with Crippen molar-refractivity contribution in [3.8, 4) is 17.6 Å². The summed E-state index contributed by atoms with van der Waals surface area (Å²) in [5, 5.41) is 8.45. The van der Waals surface area contributed by atoms with Crippen LogP contribution in [0.25, 0.3) is 0 Å². The summed E-state index contributed by atoms with van der Waals surface area (Å²) in [4.78, 5) is 0. The van der Waals surface area contributed by atoms with Gasteiger partial charge in [-0.15, -0.1) is 0 Å². The smallest absolute Gasteiger partial charge is 0.119 e. The van der Waals surface area contributed by atoms with Crippen molar-refractivity contribution in [2.45, 2.75) is 38.5 Å². The molecule has 2 N–H and O–H groups in total. The topological polar surface area (TPSA) is 77.5 Å². The molecule has 0 amide bonds. The van der Waals surface area contributed by atoms with Crippen LogP contribution in [0, 0.1) is 11.3 Å². The number of hydrogen-bond donors (Lipinski definition) is 1. The Kier molecular flexibility index (Phi) is 15.1. The Labute approximate surface area is 203 Å². The third kappa shape index (κ3) is 11.6. The van der Waals surface area contributed by atoms with Crippen LogP contribution in [0.15, 0.2) is 45.3 Å². The van der Waals surface area contributed by atoms with E-state index >= 15 is 0 Å². The zero-order valence-corrected chi connectivity index (χ0v) is 21.5. The number of nitrogens with zero attached hydrogens (tertiary/aromatic N) is 1. The van der Waals surface area contributed by atoms with Gasteiger partial charge in [-0.1, -0.05) is 31.9 Å². The normalized spacial score (nSPS) is 12.0. The summed E-state index contributed by atoms with van der Waals surface area (Å²) < 4.78 is 17.3. The van der Waals surface area contributed by atoms with Crippen LogP contribution >= 0.6 is 31.9 Å². The lowest BCUT2D eigenvalue weighted by atomic mass is 10.1. The fourth-order valence-electron chi connectivity index (χ4n) is 2.73. The summed E-state index contributed by atoms with van der Waals surface area (Å²) in [5.74, 6) is 1.73. The molecule has 0 bridgehead atoms. The average Bonchev–Trinajstić information content (AvgIpc) is 3.39. The highest BCUT2D eigenvalue weighted by Gasteiger charge is 2.02. The van der Waals surface area contributed by atoms with Gasteiger partial charge in [0.2, 0.25) is 0 Å². The summed E-state index contributed by atoms with van der Waals surface area (Å²) in [7, 11) is 3.31. The maximum atomic E-state index is 8.45. The monoisotopic (exact) mass is 554 g/mol. The minimum Gasteiger partial charge on any atom is -0.497 e. The molecule has 1 aliphatic rings. The first-order chi connectivity index (χ1) is 15.0. The number of halogens is 2. The van der Waals surface area contributed by atoms with Gasteiger partial charge in [0.1, 0.15) is 11.5 Å². The lowest BCUT2D eigenvalue weighted by Gasteiger charge is -2.06. The molecule has 0 radical (unpaired) electrons. The van der Waals surface area contributed by atoms with Crippen LogP contribution in [0.2, 0.25) is 0 Å². The lowest BCUT2D eigenvalue weighted by Crippen LogP contribution is -2.00. The number of rotatable bonds is 7. The molecule has 31 heavy (non-hydrogen) atoms. The Morgan fingerprint density at radius 3 is 1.84 bits per heavy atom. The van der Waals surface area contributed by atoms with Gasteiger partial charge in [-0.05, 0) is 86.2 Å². The first-order valence-electron chi connectivity index (χ1n) is 10.3. The molecule has 170 valence electrons. The van der Waals surface area contributed by atoms with Crippen molar-refractivity contribution < 1.29 is 14.2 Å². The molecule has 1 aliphatic heterocycles. The molecule has 0 aromatic heterocycles. The fraction of sp³-hybridized carbons (Fsp3) is 0.458. The van der Waals surface area contributed by atoms with Crippen LogP contribution in [-0.2, 0) is 17.6 Å². The summed E-state index contributed by atoms with van der Waals surface area (Å²) in [6, 6.07) is 13.9. The van der Waals surface area contributed by atoms with Gasteiger partial charge in [0.05, 0.1) is 20.3 Å². The number of ether oxygens (including phenoxy) is 3. The van der Waals surface area contributed by atoms with Gasteiger partial charge in [-0.3, -0.25) is 0 Å². The molecule has 0 spiro atoms. The molecule has 0 aliphatic carbocycles. The fourth-order valence-corrected chi connectivity index (χ4v) is 3.62. The zero-order chi connectivity index (χ0) is 22.9. The molecule has 0 saturated carbocycles. The summed E-state index contributed by atoms with van der Waals surface area (Å²) in [6.07, 6.45) is 5.85. The lowest BCUT2D eigenvalue weighted by molar-refractivity contribution is 0.198. The molecule has 3 rings (SSSR count). The largest absolute Gasteiger partial charge is 0.497 e. The van der Waals surface area contributed by atoms with Crippen LogP contribution in [0.4, 0.5) is 0 Å². The minimum absolute atomic E-state index is 0.533. The van der Waals surface area contributed by atoms with Crippen molar-refractivity contribution in [1.82, 2.24) is 0 Å². The number of nitriles is 1. The van der Waals surface area contributed by atoms with Crippen LogP contribution in [0.1, 0.15) is 36.8 Å². The van der Waals surface area contributed by atoms with Crippen molar-refractivity contribution in [3.63, 3.8) is 0 Å². The predicted octanol–water partition coefficient (Wildman–Crippen LogP) is 6.06. The Morgan fingerprint density at radius 1 is 0.935 bits per heavy atom. The Bertz CT molecular complexity index is 798. The molecule has 1 fully saturated rings. The van der Waals surface area contributed by atoms with E-state index in [1.807, 2.05) is 36.4 Å². The van der Waals surface area contributed by atoms with E-state index in [0.717, 1.165) is 65.0 Å². The maximum Gasteiger partial charge on any atom is 0.119 e. The third-order valence-electron chi connectivity index (χ3n) is 4.49. The maximum absolute atomic E-state index is 8.45. The van der Waals surface area contributed by atoms with Gasteiger partial charge in [0.15, 0.2) is 0 Å². The predicted molar refractivity (Wildman–Crippen MR) is 133 cm³/mol. The van der Waals surface area contributed by atoms with Gasteiger partial charge < -0.3 is 19.9 Å². The Hall–Kier alpha value is -1.59. The molecule has 1 saturated heterocycles. The van der Waals surface area contributed by atoms with Gasteiger partial charge in [-0.2, -0.15) is 5.26 Å². The van der Waals surface area contributed by atoms with Crippen LogP contribution in [0.3, 0.4) is 0 Å². The second-order valence-corrected chi connectivity index (χ2v) is 8.49. The number of benzene rings is 2. The quantitative estimate of drug-likeness (QED) is 0.449. The van der Waals surface area contributed by atoms with Gasteiger partial charge in [-0.25, -0.2) is 0 Å². The van der Waals surface area contributed by atoms with E-state index in [-0.39, 0.29) is 0 Å². The van der Waals surface area contributed by atoms with E-state index in [4.69, 9.17) is 25.2 Å². The molecule has 5 nitrogen and oxygen atoms in total. The molecule has 0 unspecified atom stereocenters. The molecule has 0 atom stereocenters. The average molecular weight is 556 g/mol. The van der Waals surface area contributed by atoms with Crippen molar-refractivity contribution in [2.75, 3.05) is 34.0 Å². The Morgan fingerprint density at radius 2 is 1.45 bits per heavy atom. The second kappa shape index (κ2) is 17.0. The molecule has 2 aromatic carbocycles. The number of hydrogen-bond acceptors (Lipinski definition) is 5. The number of nitrogens with two attached hydrogens (primary N) is 1. The number of aryl methyl sites for hydroxylation is 2. The van der Waals surface area contributed by atoms with E-state index in [1.165, 1.54) is 18.4 Å². The standard InChI is InChI=1S/C10H14BrNO.C10H10BrNO.C4H8O/c2*1-13-9-4-5-10(11)8(7-9)3-2-6-12;1-2-4-5-3-1/h4-5,7H,2-3,6,12H2,1H3;4-5,7H,2-3H2,1H3;1-4H2. The molecule has 1 heterocycles. The van der Waals surface area contributed by atoms with Crippen molar-refractivity contribution in [3.05, 3.63) is 56.5 Å². The summed E-state index contributed by atoms with van der Waals surface area (Å²) >= 11 is 6.92. The van der Waals surface area contributed by atoms with Crippen molar-refractivity contribution in [1.29, 1.82) is 5.26 Å². The van der Waals surface area contributed by atoms with E-state index in [1.54, 1.807) is 14.2 Å². The highest BCUT2D eigenvalue weighted by Crippen LogP contribution is 2.24. The summed E-state index contributed by atoms with van der Waals surface area (Å²) in [5.41, 5.74) is 7.82. The molecule has 7 heteroatoms. The van der Waals surface area contributed by atoms with Gasteiger partial charge in [0, 0.05) is 28.6 Å². The van der Waals surface area contributed by atoms with E-state index in [0.29, 0.717) is 6.42 Å². The molecule has 2 aromatic rings. The highest BCUT2D eigenvalue weighted by atomic mass is 79.9. The van der Waals surface area contributed by atoms with E-state index in [2.05, 4.69) is 37.9 Å². The van der Waals surface area contributed by atoms with Crippen LogP contribution < -0.4 is 15.2 Å². The van der Waals surface area contributed by atoms with E-state index < -0.39 is 0 Å². The van der Waals surface area contributed by atoms with Gasteiger partial charge >= 0.3 is 0 Å². The van der Waals surface area contributed by atoms with E-state index in [9.17, 15) is 0 Å². The van der Waals surface area contributed by atoms with Gasteiger partial charge in [0.25, 0.3) is 0 Å². The Balaban J connectivity index is 0.000000254. The zero-order valence-electron chi connectivity index (χ0n) is 18.3. The summed E-state index contributed by atoms with van der Waals surface area (Å²) in [6.45, 7) is 2.73.